The van der Waals surface area contributed by atoms with Crippen molar-refractivity contribution in [1.29, 1.82) is 0 Å². The van der Waals surface area contributed by atoms with E-state index in [1.165, 1.54) is 17.7 Å². The molecule has 182 valence electrons. The molecule has 0 atom stereocenters. The van der Waals surface area contributed by atoms with Gasteiger partial charge >= 0.3 is 6.18 Å². The maximum atomic E-state index is 13.7. The Kier molecular flexibility index (Phi) is 6.83. The number of hydrogen-bond donors (Lipinski definition) is 2. The fraction of sp³-hybridized carbons (Fsp3) is 0.280. The highest BCUT2D eigenvalue weighted by Gasteiger charge is 2.34. The zero-order valence-electron chi connectivity index (χ0n) is 18.4. The molecule has 0 aliphatic carbocycles. The van der Waals surface area contributed by atoms with Gasteiger partial charge in [0.05, 0.1) is 11.3 Å². The molecule has 0 unspecified atom stereocenters. The van der Waals surface area contributed by atoms with Gasteiger partial charge < -0.3 is 5.32 Å². The van der Waals surface area contributed by atoms with Crippen LogP contribution in [0.3, 0.4) is 0 Å². The predicted octanol–water partition coefficient (Wildman–Crippen LogP) is 5.53. The van der Waals surface area contributed by atoms with Gasteiger partial charge in [0.25, 0.3) is 0 Å². The van der Waals surface area contributed by atoms with Gasteiger partial charge in [0.2, 0.25) is 5.95 Å². The smallest absolute Gasteiger partial charge is 0.307 e. The molecule has 2 aromatic carbocycles. The zero-order valence-corrected chi connectivity index (χ0v) is 18.4. The summed E-state index contributed by atoms with van der Waals surface area (Å²) in [6, 6.07) is 15.5. The number of anilines is 2. The molecular weight excluding hydrogens is 455 g/mol. The number of H-pyrrole nitrogens is 1. The molecule has 0 saturated carbocycles. The second-order valence-corrected chi connectivity index (χ2v) is 8.18. The van der Waals surface area contributed by atoms with Crippen LogP contribution in [0.25, 0.3) is 11.4 Å². The Hall–Kier alpha value is -3.79. The standard InChI is InChI=1S/C24H22F3N7.CH4/c1-15-28-23(33-32-15)31-22-18-14-34(13-16-7-3-2-4-8-16)12-11-20(18)29-21(30-22)17-9-5-6-10-19(17)24(25,26)27;/h2-10H,11-14H2,1H3,(H2,28,29,30,31,32,33);1H4. The quantitative estimate of drug-likeness (QED) is 0.390. The van der Waals surface area contributed by atoms with E-state index in [2.05, 4.69) is 47.5 Å². The van der Waals surface area contributed by atoms with Crippen LogP contribution in [0.1, 0.15) is 35.6 Å². The number of fused-ring (bicyclic) bond motifs is 1. The van der Waals surface area contributed by atoms with Crippen molar-refractivity contribution in [2.24, 2.45) is 0 Å². The lowest BCUT2D eigenvalue weighted by Crippen LogP contribution is -2.31. The molecule has 0 saturated heterocycles. The van der Waals surface area contributed by atoms with Crippen LogP contribution in [0.15, 0.2) is 54.6 Å². The summed E-state index contributed by atoms with van der Waals surface area (Å²) >= 11 is 0. The number of rotatable bonds is 5. The Morgan fingerprint density at radius 2 is 1.74 bits per heavy atom. The average molecular weight is 482 g/mol. The number of benzene rings is 2. The number of halogens is 3. The average Bonchev–Trinajstić information content (AvgIpc) is 3.24. The van der Waals surface area contributed by atoms with Gasteiger partial charge in [-0.15, -0.1) is 5.10 Å². The maximum absolute atomic E-state index is 13.7. The van der Waals surface area contributed by atoms with Crippen LogP contribution in [0.5, 0.6) is 0 Å². The first-order valence-corrected chi connectivity index (χ1v) is 10.9. The lowest BCUT2D eigenvalue weighted by atomic mass is 10.0. The summed E-state index contributed by atoms with van der Waals surface area (Å²) in [6.07, 6.45) is -3.93. The number of nitrogens with one attached hydrogen (secondary N) is 2. The minimum atomic E-state index is -4.52. The van der Waals surface area contributed by atoms with Crippen LogP contribution in [-0.2, 0) is 25.7 Å². The van der Waals surface area contributed by atoms with Gasteiger partial charge in [-0.25, -0.2) is 9.97 Å². The summed E-state index contributed by atoms with van der Waals surface area (Å²) in [5.74, 6) is 1.35. The zero-order chi connectivity index (χ0) is 23.7. The molecular formula is C25H26F3N7. The van der Waals surface area contributed by atoms with Crippen LogP contribution in [0.2, 0.25) is 0 Å². The molecule has 0 fully saturated rings. The van der Waals surface area contributed by atoms with Crippen molar-refractivity contribution in [2.45, 2.75) is 40.0 Å². The molecule has 3 heterocycles. The Bertz CT molecular complexity index is 1300. The van der Waals surface area contributed by atoms with E-state index in [1.54, 1.807) is 13.0 Å². The molecule has 4 aromatic rings. The van der Waals surface area contributed by atoms with Gasteiger partial charge in [0.15, 0.2) is 5.82 Å². The molecule has 0 spiro atoms. The van der Waals surface area contributed by atoms with E-state index in [0.29, 0.717) is 30.6 Å². The molecule has 0 amide bonds. The van der Waals surface area contributed by atoms with Crippen LogP contribution in [0, 0.1) is 6.92 Å². The Labute approximate surface area is 201 Å². The monoisotopic (exact) mass is 481 g/mol. The van der Waals surface area contributed by atoms with Gasteiger partial charge in [0.1, 0.15) is 11.6 Å². The first-order valence-electron chi connectivity index (χ1n) is 10.9. The van der Waals surface area contributed by atoms with E-state index >= 15 is 0 Å². The molecule has 2 aromatic heterocycles. The second kappa shape index (κ2) is 9.83. The van der Waals surface area contributed by atoms with Crippen molar-refractivity contribution in [1.82, 2.24) is 30.0 Å². The van der Waals surface area contributed by atoms with Gasteiger partial charge in [-0.3, -0.25) is 10.00 Å². The van der Waals surface area contributed by atoms with Crippen molar-refractivity contribution in [3.63, 3.8) is 0 Å². The molecule has 35 heavy (non-hydrogen) atoms. The SMILES string of the molecule is C.Cc1nc(Nc2nc(-c3ccccc3C(F)(F)F)nc3c2CN(Cc2ccccc2)CC3)n[nH]1. The molecule has 0 bridgehead atoms. The van der Waals surface area contributed by atoms with Crippen LogP contribution >= 0.6 is 0 Å². The van der Waals surface area contributed by atoms with Gasteiger partial charge in [-0.05, 0) is 18.6 Å². The number of nitrogens with zero attached hydrogens (tertiary/aromatic N) is 5. The van der Waals surface area contributed by atoms with Gasteiger partial charge in [-0.1, -0.05) is 56.0 Å². The lowest BCUT2D eigenvalue weighted by Gasteiger charge is -2.29. The van der Waals surface area contributed by atoms with Crippen LogP contribution in [-0.4, -0.2) is 36.6 Å². The highest BCUT2D eigenvalue weighted by atomic mass is 19.4. The molecule has 1 aliphatic heterocycles. The van der Waals surface area contributed by atoms with E-state index in [4.69, 9.17) is 0 Å². The fourth-order valence-corrected chi connectivity index (χ4v) is 4.10. The number of aryl methyl sites for hydroxylation is 1. The van der Waals surface area contributed by atoms with Crippen LogP contribution in [0.4, 0.5) is 24.9 Å². The highest BCUT2D eigenvalue weighted by Crippen LogP contribution is 2.37. The molecule has 5 rings (SSSR count). The minimum Gasteiger partial charge on any atom is -0.307 e. The largest absolute Gasteiger partial charge is 0.417 e. The summed E-state index contributed by atoms with van der Waals surface area (Å²) in [4.78, 5) is 15.6. The van der Waals surface area contributed by atoms with Crippen LogP contribution < -0.4 is 5.32 Å². The number of alkyl halides is 3. The Morgan fingerprint density at radius 3 is 2.46 bits per heavy atom. The number of aromatic amines is 1. The lowest BCUT2D eigenvalue weighted by molar-refractivity contribution is -0.137. The van der Waals surface area contributed by atoms with E-state index < -0.39 is 11.7 Å². The highest BCUT2D eigenvalue weighted by molar-refractivity contribution is 5.66. The first-order chi connectivity index (χ1) is 16.4. The molecule has 1 aliphatic rings. The maximum Gasteiger partial charge on any atom is 0.417 e. The van der Waals surface area contributed by atoms with E-state index in [0.717, 1.165) is 30.4 Å². The van der Waals surface area contributed by atoms with E-state index in [9.17, 15) is 13.2 Å². The molecule has 2 N–H and O–H groups in total. The number of aromatic nitrogens is 5. The normalized spacial score (nSPS) is 13.7. The van der Waals surface area contributed by atoms with Gasteiger partial charge in [0, 0.05) is 37.2 Å². The van der Waals surface area contributed by atoms with E-state index in [-0.39, 0.29) is 18.8 Å². The third kappa shape index (κ3) is 5.32. The molecule has 7 nitrogen and oxygen atoms in total. The van der Waals surface area contributed by atoms with Crippen molar-refractivity contribution < 1.29 is 13.2 Å². The van der Waals surface area contributed by atoms with Gasteiger partial charge in [-0.2, -0.15) is 18.2 Å². The third-order valence-corrected chi connectivity index (χ3v) is 5.69. The number of hydrogen-bond acceptors (Lipinski definition) is 6. The topological polar surface area (TPSA) is 82.6 Å². The van der Waals surface area contributed by atoms with Crippen molar-refractivity contribution in [3.8, 4) is 11.4 Å². The second-order valence-electron chi connectivity index (χ2n) is 8.18. The third-order valence-electron chi connectivity index (χ3n) is 5.69. The Morgan fingerprint density at radius 1 is 1.00 bits per heavy atom. The molecule has 0 radical (unpaired) electrons. The summed E-state index contributed by atoms with van der Waals surface area (Å²) in [6.45, 7) is 3.80. The predicted molar refractivity (Wildman–Crippen MR) is 128 cm³/mol. The fourth-order valence-electron chi connectivity index (χ4n) is 4.10. The van der Waals surface area contributed by atoms with Crippen molar-refractivity contribution in [2.75, 3.05) is 11.9 Å². The minimum absolute atomic E-state index is 0. The summed E-state index contributed by atoms with van der Waals surface area (Å²) < 4.78 is 41.0. The Balaban J connectivity index is 0.00000289. The molecule has 10 heteroatoms. The van der Waals surface area contributed by atoms with E-state index in [1.807, 2.05) is 18.2 Å². The van der Waals surface area contributed by atoms with Crippen molar-refractivity contribution in [3.05, 3.63) is 82.8 Å². The first kappa shape index (κ1) is 24.3. The summed E-state index contributed by atoms with van der Waals surface area (Å²) in [5, 5.41) is 9.96. The summed E-state index contributed by atoms with van der Waals surface area (Å²) in [5.41, 5.74) is 1.91. The summed E-state index contributed by atoms with van der Waals surface area (Å²) in [7, 11) is 0. The van der Waals surface area contributed by atoms with Crippen molar-refractivity contribution >= 4 is 11.8 Å².